The molecule has 0 spiro atoms. The van der Waals surface area contributed by atoms with Crippen molar-refractivity contribution in [2.45, 2.75) is 13.5 Å². The Hall–Kier alpha value is -2.79. The van der Waals surface area contributed by atoms with Crippen LogP contribution in [0.5, 0.6) is 11.5 Å². The lowest BCUT2D eigenvalue weighted by atomic mass is 10.1. The standard InChI is InChI=1S/C23H28N2O3/c1-18-5-4-6-20(13-18)17-24-9-11-25(12-10-24)23(26)8-7-19-14-21(27-2)16-22(15-19)28-3/h4-8,13-16H,9-12,17H2,1-3H3/b8-7+. The van der Waals surface area contributed by atoms with Gasteiger partial charge in [-0.2, -0.15) is 0 Å². The van der Waals surface area contributed by atoms with E-state index in [0.717, 1.165) is 38.3 Å². The third-order valence-electron chi connectivity index (χ3n) is 4.96. The molecule has 0 aromatic heterocycles. The molecule has 148 valence electrons. The summed E-state index contributed by atoms with van der Waals surface area (Å²) in [7, 11) is 3.23. The van der Waals surface area contributed by atoms with Crippen LogP contribution in [-0.2, 0) is 11.3 Å². The zero-order chi connectivity index (χ0) is 19.9. The van der Waals surface area contributed by atoms with Crippen LogP contribution in [0.4, 0.5) is 0 Å². The Bertz CT molecular complexity index is 817. The van der Waals surface area contributed by atoms with Gasteiger partial charge in [0, 0.05) is 44.9 Å². The molecule has 0 N–H and O–H groups in total. The summed E-state index contributed by atoms with van der Waals surface area (Å²) in [4.78, 5) is 16.8. The zero-order valence-corrected chi connectivity index (χ0v) is 16.9. The first-order valence-electron chi connectivity index (χ1n) is 9.55. The highest BCUT2D eigenvalue weighted by Crippen LogP contribution is 2.23. The summed E-state index contributed by atoms with van der Waals surface area (Å²) in [6.07, 6.45) is 3.44. The van der Waals surface area contributed by atoms with E-state index in [4.69, 9.17) is 9.47 Å². The highest BCUT2D eigenvalue weighted by Gasteiger charge is 2.19. The van der Waals surface area contributed by atoms with Crippen LogP contribution in [0.3, 0.4) is 0 Å². The average Bonchev–Trinajstić information content (AvgIpc) is 2.72. The smallest absolute Gasteiger partial charge is 0.246 e. The molecule has 2 aromatic rings. The summed E-state index contributed by atoms with van der Waals surface area (Å²) in [5.74, 6) is 1.45. The second-order valence-electron chi connectivity index (χ2n) is 7.07. The molecule has 1 aliphatic rings. The van der Waals surface area contributed by atoms with Crippen molar-refractivity contribution in [3.05, 3.63) is 65.2 Å². The number of ether oxygens (including phenoxy) is 2. The lowest BCUT2D eigenvalue weighted by molar-refractivity contribution is -0.127. The summed E-state index contributed by atoms with van der Waals surface area (Å²) in [6, 6.07) is 14.2. The maximum atomic E-state index is 12.5. The highest BCUT2D eigenvalue weighted by atomic mass is 16.5. The fourth-order valence-electron chi connectivity index (χ4n) is 3.39. The molecule has 5 heteroatoms. The summed E-state index contributed by atoms with van der Waals surface area (Å²) < 4.78 is 10.5. The van der Waals surface area contributed by atoms with Gasteiger partial charge in [-0.3, -0.25) is 9.69 Å². The van der Waals surface area contributed by atoms with Gasteiger partial charge in [-0.25, -0.2) is 0 Å². The maximum absolute atomic E-state index is 12.5. The zero-order valence-electron chi connectivity index (χ0n) is 16.9. The third kappa shape index (κ3) is 5.36. The van der Waals surface area contributed by atoms with Crippen LogP contribution in [0.15, 0.2) is 48.5 Å². The molecule has 1 aliphatic heterocycles. The first-order valence-corrected chi connectivity index (χ1v) is 9.55. The largest absolute Gasteiger partial charge is 0.497 e. The number of methoxy groups -OCH3 is 2. The molecule has 0 atom stereocenters. The van der Waals surface area contributed by atoms with Crippen LogP contribution in [0, 0.1) is 6.92 Å². The second kappa shape index (κ2) is 9.42. The van der Waals surface area contributed by atoms with Gasteiger partial charge in [-0.1, -0.05) is 29.8 Å². The number of carbonyl (C=O) groups excluding carboxylic acids is 1. The quantitative estimate of drug-likeness (QED) is 0.721. The molecule has 1 heterocycles. The van der Waals surface area contributed by atoms with Crippen LogP contribution in [0.1, 0.15) is 16.7 Å². The van der Waals surface area contributed by atoms with Crippen molar-refractivity contribution in [3.8, 4) is 11.5 Å². The predicted octanol–water partition coefficient (Wildman–Crippen LogP) is 3.37. The minimum atomic E-state index is 0.0389. The van der Waals surface area contributed by atoms with Gasteiger partial charge in [0.2, 0.25) is 5.91 Å². The maximum Gasteiger partial charge on any atom is 0.246 e. The molecule has 1 amide bonds. The molecule has 3 rings (SSSR count). The van der Waals surface area contributed by atoms with Gasteiger partial charge in [-0.15, -0.1) is 0 Å². The number of benzene rings is 2. The van der Waals surface area contributed by atoms with Crippen LogP contribution in [0.25, 0.3) is 6.08 Å². The Morgan fingerprint density at radius 2 is 1.68 bits per heavy atom. The van der Waals surface area contributed by atoms with Crippen LogP contribution < -0.4 is 9.47 Å². The van der Waals surface area contributed by atoms with Gasteiger partial charge >= 0.3 is 0 Å². The number of nitrogens with zero attached hydrogens (tertiary/aromatic N) is 2. The van der Waals surface area contributed by atoms with E-state index in [1.807, 2.05) is 29.2 Å². The Kier molecular flexibility index (Phi) is 6.71. The molecule has 1 saturated heterocycles. The molecule has 0 saturated carbocycles. The molecule has 0 bridgehead atoms. The Morgan fingerprint density at radius 1 is 1.00 bits per heavy atom. The molecule has 0 radical (unpaired) electrons. The SMILES string of the molecule is COc1cc(/C=C/C(=O)N2CCN(Cc3cccc(C)c3)CC2)cc(OC)c1. The van der Waals surface area contributed by atoms with Crippen molar-refractivity contribution in [2.75, 3.05) is 40.4 Å². The van der Waals surface area contributed by atoms with Gasteiger partial charge in [0.05, 0.1) is 14.2 Å². The van der Waals surface area contributed by atoms with Gasteiger partial charge < -0.3 is 14.4 Å². The van der Waals surface area contributed by atoms with Crippen LogP contribution in [-0.4, -0.2) is 56.1 Å². The number of aryl methyl sites for hydroxylation is 1. The Morgan fingerprint density at radius 3 is 2.29 bits per heavy atom. The van der Waals surface area contributed by atoms with E-state index in [-0.39, 0.29) is 5.91 Å². The van der Waals surface area contributed by atoms with Crippen molar-refractivity contribution >= 4 is 12.0 Å². The number of carbonyl (C=O) groups is 1. The van der Waals surface area contributed by atoms with E-state index in [0.29, 0.717) is 11.5 Å². The molecule has 28 heavy (non-hydrogen) atoms. The second-order valence-corrected chi connectivity index (χ2v) is 7.07. The van der Waals surface area contributed by atoms with Crippen molar-refractivity contribution in [2.24, 2.45) is 0 Å². The molecule has 0 unspecified atom stereocenters. The number of hydrogen-bond acceptors (Lipinski definition) is 4. The summed E-state index contributed by atoms with van der Waals surface area (Å²) >= 11 is 0. The van der Waals surface area contributed by atoms with Gasteiger partial charge in [-0.05, 0) is 36.3 Å². The normalized spacial score (nSPS) is 15.0. The molecule has 5 nitrogen and oxygen atoms in total. The summed E-state index contributed by atoms with van der Waals surface area (Å²) in [5, 5.41) is 0. The number of piperazine rings is 1. The summed E-state index contributed by atoms with van der Waals surface area (Å²) in [6.45, 7) is 6.32. The minimum absolute atomic E-state index is 0.0389. The Balaban J connectivity index is 1.54. The molecule has 1 fully saturated rings. The van der Waals surface area contributed by atoms with E-state index in [2.05, 4.69) is 36.1 Å². The van der Waals surface area contributed by atoms with Gasteiger partial charge in [0.1, 0.15) is 11.5 Å². The van der Waals surface area contributed by atoms with E-state index < -0.39 is 0 Å². The highest BCUT2D eigenvalue weighted by molar-refractivity contribution is 5.92. The van der Waals surface area contributed by atoms with Crippen LogP contribution >= 0.6 is 0 Å². The fraction of sp³-hybridized carbons (Fsp3) is 0.348. The van der Waals surface area contributed by atoms with E-state index in [1.165, 1.54) is 11.1 Å². The van der Waals surface area contributed by atoms with Gasteiger partial charge in [0.25, 0.3) is 0 Å². The molecular weight excluding hydrogens is 352 g/mol. The summed E-state index contributed by atoms with van der Waals surface area (Å²) in [5.41, 5.74) is 3.49. The number of hydrogen-bond donors (Lipinski definition) is 0. The predicted molar refractivity (Wildman–Crippen MR) is 112 cm³/mol. The van der Waals surface area contributed by atoms with Crippen molar-refractivity contribution in [1.29, 1.82) is 0 Å². The molecule has 2 aromatic carbocycles. The number of rotatable bonds is 6. The minimum Gasteiger partial charge on any atom is -0.497 e. The van der Waals surface area contributed by atoms with E-state index >= 15 is 0 Å². The molecule has 0 aliphatic carbocycles. The fourth-order valence-corrected chi connectivity index (χ4v) is 3.39. The van der Waals surface area contributed by atoms with Crippen molar-refractivity contribution in [1.82, 2.24) is 9.80 Å². The third-order valence-corrected chi connectivity index (χ3v) is 4.96. The lowest BCUT2D eigenvalue weighted by Gasteiger charge is -2.34. The van der Waals surface area contributed by atoms with E-state index in [1.54, 1.807) is 20.3 Å². The topological polar surface area (TPSA) is 42.0 Å². The Labute approximate surface area is 167 Å². The van der Waals surface area contributed by atoms with Crippen LogP contribution in [0.2, 0.25) is 0 Å². The first-order chi connectivity index (χ1) is 13.6. The van der Waals surface area contributed by atoms with Gasteiger partial charge in [0.15, 0.2) is 0 Å². The van der Waals surface area contributed by atoms with Crippen molar-refractivity contribution in [3.63, 3.8) is 0 Å². The average molecular weight is 380 g/mol. The van der Waals surface area contributed by atoms with Crippen molar-refractivity contribution < 1.29 is 14.3 Å². The van der Waals surface area contributed by atoms with E-state index in [9.17, 15) is 4.79 Å². The number of amides is 1. The molecular formula is C23H28N2O3. The monoisotopic (exact) mass is 380 g/mol. The lowest BCUT2D eigenvalue weighted by Crippen LogP contribution is -2.47. The first kappa shape index (κ1) is 20.0.